The summed E-state index contributed by atoms with van der Waals surface area (Å²) in [6, 6.07) is 0.269. The van der Waals surface area contributed by atoms with Crippen molar-refractivity contribution in [2.45, 2.75) is 51.1 Å². The second kappa shape index (κ2) is 6.41. The van der Waals surface area contributed by atoms with Gasteiger partial charge < -0.3 is 9.47 Å². The first kappa shape index (κ1) is 17.1. The molecule has 1 amide bonds. The van der Waals surface area contributed by atoms with Crippen LogP contribution in [0.2, 0.25) is 0 Å². The van der Waals surface area contributed by atoms with Crippen molar-refractivity contribution in [3.63, 3.8) is 0 Å². The molecule has 2 aromatic rings. The zero-order chi connectivity index (χ0) is 18.4. The minimum atomic E-state index is -0.494. The highest BCUT2D eigenvalue weighted by Crippen LogP contribution is 2.35. The first-order chi connectivity index (χ1) is 12.5. The van der Waals surface area contributed by atoms with Crippen molar-refractivity contribution in [1.82, 2.24) is 23.6 Å². The predicted molar refractivity (Wildman–Crippen MR) is 96.9 cm³/mol. The molecule has 0 N–H and O–H groups in total. The van der Waals surface area contributed by atoms with Gasteiger partial charge in [0.25, 0.3) is 5.56 Å². The highest BCUT2D eigenvalue weighted by atomic mass is 16.2. The summed E-state index contributed by atoms with van der Waals surface area (Å²) in [6.45, 7) is 0.527. The van der Waals surface area contributed by atoms with Crippen LogP contribution in [0.15, 0.2) is 15.9 Å². The molecule has 2 unspecified atom stereocenters. The Balaban J connectivity index is 1.69. The molecule has 1 saturated heterocycles. The number of nitrogens with zero attached hydrogens (tertiary/aromatic N) is 5. The van der Waals surface area contributed by atoms with Crippen molar-refractivity contribution >= 4 is 17.1 Å². The summed E-state index contributed by atoms with van der Waals surface area (Å²) in [5, 5.41) is 0. The van der Waals surface area contributed by atoms with Gasteiger partial charge in [-0.2, -0.15) is 0 Å². The maximum absolute atomic E-state index is 13.0. The van der Waals surface area contributed by atoms with Gasteiger partial charge in [0.2, 0.25) is 5.91 Å². The second-order valence-corrected chi connectivity index (χ2v) is 7.60. The number of imidazole rings is 1. The van der Waals surface area contributed by atoms with Crippen LogP contribution in [0.3, 0.4) is 0 Å². The van der Waals surface area contributed by atoms with Crippen molar-refractivity contribution in [2.75, 3.05) is 6.54 Å². The van der Waals surface area contributed by atoms with Gasteiger partial charge in [0.15, 0.2) is 11.2 Å². The monoisotopic (exact) mass is 359 g/mol. The summed E-state index contributed by atoms with van der Waals surface area (Å²) in [5.41, 5.74) is -0.258. The molecular weight excluding hydrogens is 334 g/mol. The fourth-order valence-corrected chi connectivity index (χ4v) is 4.70. The molecule has 0 aromatic carbocycles. The minimum absolute atomic E-state index is 0.123. The molecule has 0 bridgehead atoms. The summed E-state index contributed by atoms with van der Waals surface area (Å²) >= 11 is 0. The number of aromatic nitrogens is 4. The molecule has 1 aliphatic carbocycles. The molecule has 1 aliphatic heterocycles. The zero-order valence-electron chi connectivity index (χ0n) is 15.3. The van der Waals surface area contributed by atoms with Crippen molar-refractivity contribution in [3.8, 4) is 0 Å². The molecule has 0 spiro atoms. The van der Waals surface area contributed by atoms with E-state index in [1.807, 2.05) is 4.90 Å². The Hall–Kier alpha value is -2.38. The molecule has 140 valence electrons. The number of hydrogen-bond acceptors (Lipinski definition) is 4. The van der Waals surface area contributed by atoms with E-state index in [2.05, 4.69) is 4.98 Å². The lowest BCUT2D eigenvalue weighted by Crippen LogP contribution is -2.52. The Morgan fingerprint density at radius 1 is 1.15 bits per heavy atom. The number of piperidine rings is 1. The fourth-order valence-electron chi connectivity index (χ4n) is 4.70. The van der Waals surface area contributed by atoms with E-state index in [0.29, 0.717) is 17.1 Å². The van der Waals surface area contributed by atoms with Crippen LogP contribution in [0.1, 0.15) is 38.5 Å². The zero-order valence-corrected chi connectivity index (χ0v) is 15.3. The van der Waals surface area contributed by atoms with E-state index in [4.69, 9.17) is 0 Å². The number of carbonyl (C=O) groups excluding carboxylic acids is 1. The third-order valence-electron chi connectivity index (χ3n) is 6.06. The van der Waals surface area contributed by atoms with Crippen LogP contribution in [0.25, 0.3) is 11.2 Å². The van der Waals surface area contributed by atoms with Crippen LogP contribution in [0.5, 0.6) is 0 Å². The van der Waals surface area contributed by atoms with Crippen molar-refractivity contribution in [1.29, 1.82) is 0 Å². The lowest BCUT2D eigenvalue weighted by atomic mass is 9.78. The van der Waals surface area contributed by atoms with Gasteiger partial charge in [-0.25, -0.2) is 14.3 Å². The molecule has 2 aromatic heterocycles. The molecule has 26 heavy (non-hydrogen) atoms. The summed E-state index contributed by atoms with van der Waals surface area (Å²) < 4.78 is 3.98. The molecule has 2 atom stereocenters. The SMILES string of the molecule is Cn1cnc2c1c(=O)n(CC(=O)N1CCCC3CCCCC31)c(=O)n2C. The molecule has 2 aliphatic rings. The van der Waals surface area contributed by atoms with E-state index in [1.165, 1.54) is 30.2 Å². The lowest BCUT2D eigenvalue weighted by molar-refractivity contribution is -0.138. The third kappa shape index (κ3) is 2.59. The topological polar surface area (TPSA) is 82.1 Å². The standard InChI is InChI=1S/C18H25N5O3/c1-20-11-19-16-15(20)17(25)23(18(26)21(16)2)10-14(24)22-9-5-7-12-6-3-4-8-13(12)22/h11-13H,3-10H2,1-2H3. The van der Waals surface area contributed by atoms with Crippen molar-refractivity contribution < 1.29 is 4.79 Å². The first-order valence-electron chi connectivity index (χ1n) is 9.39. The van der Waals surface area contributed by atoms with Crippen molar-refractivity contribution in [3.05, 3.63) is 27.2 Å². The Kier molecular flexibility index (Phi) is 4.20. The Bertz CT molecular complexity index is 968. The molecule has 3 heterocycles. The quantitative estimate of drug-likeness (QED) is 0.787. The summed E-state index contributed by atoms with van der Waals surface area (Å²) in [7, 11) is 3.29. The largest absolute Gasteiger partial charge is 0.338 e. The summed E-state index contributed by atoms with van der Waals surface area (Å²) in [4.78, 5) is 44.5. The molecule has 1 saturated carbocycles. The van der Waals surface area contributed by atoms with Crippen LogP contribution in [0, 0.1) is 5.92 Å². The maximum Gasteiger partial charge on any atom is 0.332 e. The Morgan fingerprint density at radius 3 is 2.69 bits per heavy atom. The first-order valence-corrected chi connectivity index (χ1v) is 9.39. The van der Waals surface area contributed by atoms with Crippen molar-refractivity contribution in [2.24, 2.45) is 20.0 Å². The number of rotatable bonds is 2. The van der Waals surface area contributed by atoms with Gasteiger partial charge in [-0.05, 0) is 31.6 Å². The molecular formula is C18H25N5O3. The average Bonchev–Trinajstić information content (AvgIpc) is 3.04. The number of aryl methyl sites for hydroxylation is 2. The lowest BCUT2D eigenvalue weighted by Gasteiger charge is -2.44. The van der Waals surface area contributed by atoms with Crippen LogP contribution >= 0.6 is 0 Å². The molecule has 0 radical (unpaired) electrons. The van der Waals surface area contributed by atoms with Crippen LogP contribution in [0.4, 0.5) is 0 Å². The Labute approximate surface area is 151 Å². The highest BCUT2D eigenvalue weighted by Gasteiger charge is 2.36. The number of likely N-dealkylation sites (tertiary alicyclic amines) is 1. The number of fused-ring (bicyclic) bond motifs is 2. The van der Waals surface area contributed by atoms with E-state index in [-0.39, 0.29) is 18.5 Å². The second-order valence-electron chi connectivity index (χ2n) is 7.60. The van der Waals surface area contributed by atoms with Crippen LogP contribution in [-0.4, -0.2) is 42.1 Å². The van der Waals surface area contributed by atoms with Gasteiger partial charge in [-0.1, -0.05) is 12.8 Å². The molecule has 8 nitrogen and oxygen atoms in total. The Morgan fingerprint density at radius 2 is 1.88 bits per heavy atom. The predicted octanol–water partition coefficient (Wildman–Crippen LogP) is 0.615. The van der Waals surface area contributed by atoms with Gasteiger partial charge in [0, 0.05) is 26.7 Å². The molecule has 2 fully saturated rings. The molecule has 4 rings (SSSR count). The molecule has 8 heteroatoms. The highest BCUT2D eigenvalue weighted by molar-refractivity contribution is 5.77. The fraction of sp³-hybridized carbons (Fsp3) is 0.667. The van der Waals surface area contributed by atoms with E-state index >= 15 is 0 Å². The normalized spacial score (nSPS) is 23.2. The van der Waals surface area contributed by atoms with E-state index < -0.39 is 11.2 Å². The summed E-state index contributed by atoms with van der Waals surface area (Å²) in [6.07, 6.45) is 8.28. The van der Waals surface area contributed by atoms with E-state index in [1.54, 1.807) is 18.7 Å². The third-order valence-corrected chi connectivity index (χ3v) is 6.06. The smallest absolute Gasteiger partial charge is 0.332 e. The van der Waals surface area contributed by atoms with Crippen LogP contribution < -0.4 is 11.2 Å². The number of amides is 1. The average molecular weight is 359 g/mol. The van der Waals surface area contributed by atoms with Gasteiger partial charge >= 0.3 is 5.69 Å². The van der Waals surface area contributed by atoms with Crippen LogP contribution in [-0.2, 0) is 25.4 Å². The van der Waals surface area contributed by atoms with Gasteiger partial charge in [-0.3, -0.25) is 14.2 Å². The summed E-state index contributed by atoms with van der Waals surface area (Å²) in [5.74, 6) is 0.447. The van der Waals surface area contributed by atoms with Gasteiger partial charge in [0.1, 0.15) is 6.54 Å². The van der Waals surface area contributed by atoms with E-state index in [0.717, 1.165) is 30.4 Å². The van der Waals surface area contributed by atoms with Gasteiger partial charge in [0.05, 0.1) is 6.33 Å². The van der Waals surface area contributed by atoms with E-state index in [9.17, 15) is 14.4 Å². The maximum atomic E-state index is 13.0. The van der Waals surface area contributed by atoms with Gasteiger partial charge in [-0.15, -0.1) is 0 Å². The number of hydrogen-bond donors (Lipinski definition) is 0. The number of carbonyl (C=O) groups is 1. The minimum Gasteiger partial charge on any atom is -0.338 e.